The Morgan fingerprint density at radius 1 is 1.29 bits per heavy atom. The summed E-state index contributed by atoms with van der Waals surface area (Å²) < 4.78 is 0. The molecule has 0 saturated carbocycles. The van der Waals surface area contributed by atoms with Crippen LogP contribution in [0.4, 0.5) is 0 Å². The molecule has 1 nitrogen and oxygen atoms in total. The smallest absolute Gasteiger partial charge is 0.130 e. The molecule has 0 bridgehead atoms. The van der Waals surface area contributed by atoms with Crippen LogP contribution < -0.4 is 5.30 Å². The van der Waals surface area contributed by atoms with Gasteiger partial charge in [-0.25, -0.2) is 0 Å². The molecule has 0 fully saturated rings. The molecule has 14 heavy (non-hydrogen) atoms. The molecular formula is C12H17OP. The van der Waals surface area contributed by atoms with Gasteiger partial charge in [0.15, 0.2) is 0 Å². The summed E-state index contributed by atoms with van der Waals surface area (Å²) in [5.74, 6) is 0.261. The van der Waals surface area contributed by atoms with Crippen molar-refractivity contribution in [3.8, 4) is 0 Å². The molecular weight excluding hydrogens is 191 g/mol. The van der Waals surface area contributed by atoms with Crippen LogP contribution in [0.25, 0.3) is 0 Å². The summed E-state index contributed by atoms with van der Waals surface area (Å²) in [7, 11) is 2.73. The van der Waals surface area contributed by atoms with Crippen molar-refractivity contribution in [3.63, 3.8) is 0 Å². The van der Waals surface area contributed by atoms with E-state index in [1.165, 1.54) is 22.0 Å². The summed E-state index contributed by atoms with van der Waals surface area (Å²) in [6.07, 6.45) is 1.52. The molecule has 1 rings (SSSR count). The van der Waals surface area contributed by atoms with Gasteiger partial charge in [-0.3, -0.25) is 0 Å². The fourth-order valence-electron chi connectivity index (χ4n) is 1.48. The van der Waals surface area contributed by atoms with E-state index >= 15 is 0 Å². The van der Waals surface area contributed by atoms with Crippen molar-refractivity contribution in [2.75, 3.05) is 0 Å². The lowest BCUT2D eigenvalue weighted by atomic mass is 9.99. The second-order valence-corrected chi connectivity index (χ2v) is 4.39. The van der Waals surface area contributed by atoms with Crippen LogP contribution in [0.15, 0.2) is 12.1 Å². The lowest BCUT2D eigenvalue weighted by Crippen LogP contribution is -2.04. The van der Waals surface area contributed by atoms with Gasteiger partial charge in [-0.05, 0) is 49.2 Å². The zero-order valence-corrected chi connectivity index (χ0v) is 10.2. The van der Waals surface area contributed by atoms with Gasteiger partial charge in [0.25, 0.3) is 0 Å². The fraction of sp³-hybridized carbons (Fsp3) is 0.417. The van der Waals surface area contributed by atoms with Crippen molar-refractivity contribution < 1.29 is 4.79 Å². The van der Waals surface area contributed by atoms with Crippen LogP contribution in [0.5, 0.6) is 0 Å². The second-order valence-electron chi connectivity index (χ2n) is 3.77. The van der Waals surface area contributed by atoms with E-state index in [1.807, 2.05) is 0 Å². The molecule has 0 aromatic heterocycles. The summed E-state index contributed by atoms with van der Waals surface area (Å²) in [4.78, 5) is 10.9. The number of Topliss-reactive ketones (excluding diaryl/α,β-unsaturated/α-hetero) is 1. The number of benzene rings is 1. The van der Waals surface area contributed by atoms with Gasteiger partial charge >= 0.3 is 0 Å². The van der Waals surface area contributed by atoms with Crippen molar-refractivity contribution in [2.24, 2.45) is 0 Å². The zero-order chi connectivity index (χ0) is 10.7. The standard InChI is InChI=1S/C12H17OP/c1-8(13)4-5-11-6-7-12(14)10(3)9(11)2/h6-7H,4-5,14H2,1-3H3. The predicted octanol–water partition coefficient (Wildman–Crippen LogP) is 2.33. The third-order valence-electron chi connectivity index (χ3n) is 2.69. The molecule has 0 amide bonds. The van der Waals surface area contributed by atoms with Crippen LogP contribution >= 0.6 is 9.24 Å². The summed E-state index contributed by atoms with van der Waals surface area (Å²) >= 11 is 0. The quantitative estimate of drug-likeness (QED) is 0.697. The Balaban J connectivity index is 2.88. The van der Waals surface area contributed by atoms with Crippen LogP contribution in [0.2, 0.25) is 0 Å². The zero-order valence-electron chi connectivity index (χ0n) is 9.05. The first-order chi connectivity index (χ1) is 6.52. The van der Waals surface area contributed by atoms with E-state index in [9.17, 15) is 4.79 Å². The average Bonchev–Trinajstić information content (AvgIpc) is 2.13. The second kappa shape index (κ2) is 4.70. The minimum absolute atomic E-state index is 0.261. The van der Waals surface area contributed by atoms with Crippen LogP contribution in [0.3, 0.4) is 0 Å². The van der Waals surface area contributed by atoms with E-state index in [-0.39, 0.29) is 5.78 Å². The maximum absolute atomic E-state index is 10.9. The normalized spacial score (nSPS) is 10.3. The first-order valence-corrected chi connectivity index (χ1v) is 5.44. The summed E-state index contributed by atoms with van der Waals surface area (Å²) in [6, 6.07) is 4.22. The first kappa shape index (κ1) is 11.4. The highest BCUT2D eigenvalue weighted by Crippen LogP contribution is 2.14. The van der Waals surface area contributed by atoms with Gasteiger partial charge in [-0.15, -0.1) is 9.24 Å². The Kier molecular flexibility index (Phi) is 3.83. The lowest BCUT2D eigenvalue weighted by molar-refractivity contribution is -0.116. The summed E-state index contributed by atoms with van der Waals surface area (Å²) in [5, 5.41) is 1.24. The summed E-state index contributed by atoms with van der Waals surface area (Å²) in [5.41, 5.74) is 3.93. The van der Waals surface area contributed by atoms with Crippen molar-refractivity contribution in [2.45, 2.75) is 33.6 Å². The lowest BCUT2D eigenvalue weighted by Gasteiger charge is -2.10. The average molecular weight is 208 g/mol. The topological polar surface area (TPSA) is 17.1 Å². The molecule has 0 radical (unpaired) electrons. The predicted molar refractivity (Wildman–Crippen MR) is 64.3 cm³/mol. The highest BCUT2D eigenvalue weighted by molar-refractivity contribution is 7.27. The third-order valence-corrected chi connectivity index (χ3v) is 3.31. The van der Waals surface area contributed by atoms with Crippen molar-refractivity contribution in [3.05, 3.63) is 28.8 Å². The number of rotatable bonds is 3. The minimum atomic E-state index is 0.261. The van der Waals surface area contributed by atoms with Gasteiger partial charge in [0.1, 0.15) is 5.78 Å². The Morgan fingerprint density at radius 3 is 2.50 bits per heavy atom. The molecule has 0 spiro atoms. The van der Waals surface area contributed by atoms with E-state index in [1.54, 1.807) is 6.92 Å². The molecule has 0 N–H and O–H groups in total. The van der Waals surface area contributed by atoms with Crippen LogP contribution in [0.1, 0.15) is 30.0 Å². The van der Waals surface area contributed by atoms with E-state index in [2.05, 4.69) is 35.2 Å². The Morgan fingerprint density at radius 2 is 1.93 bits per heavy atom. The minimum Gasteiger partial charge on any atom is -0.300 e. The molecule has 1 unspecified atom stereocenters. The third kappa shape index (κ3) is 2.65. The largest absolute Gasteiger partial charge is 0.300 e. The van der Waals surface area contributed by atoms with E-state index in [0.29, 0.717) is 6.42 Å². The van der Waals surface area contributed by atoms with Gasteiger partial charge in [0.2, 0.25) is 0 Å². The molecule has 1 aromatic carbocycles. The maximum Gasteiger partial charge on any atom is 0.130 e. The number of carbonyl (C=O) groups is 1. The van der Waals surface area contributed by atoms with Crippen molar-refractivity contribution >= 4 is 20.3 Å². The monoisotopic (exact) mass is 208 g/mol. The first-order valence-electron chi connectivity index (χ1n) is 4.86. The Hall–Kier alpha value is -0.680. The number of hydrogen-bond acceptors (Lipinski definition) is 1. The molecule has 1 atom stereocenters. The molecule has 0 aliphatic rings. The van der Waals surface area contributed by atoms with Crippen molar-refractivity contribution in [1.82, 2.24) is 0 Å². The molecule has 0 saturated heterocycles. The summed E-state index contributed by atoms with van der Waals surface area (Å²) in [6.45, 7) is 5.89. The Labute approximate surface area is 88.1 Å². The molecule has 0 heterocycles. The maximum atomic E-state index is 10.9. The van der Waals surface area contributed by atoms with Gasteiger partial charge < -0.3 is 4.79 Å². The van der Waals surface area contributed by atoms with E-state index in [0.717, 1.165) is 6.42 Å². The molecule has 1 aromatic rings. The van der Waals surface area contributed by atoms with Crippen LogP contribution in [-0.4, -0.2) is 5.78 Å². The molecule has 0 aliphatic heterocycles. The number of aryl methyl sites for hydroxylation is 1. The Bertz CT molecular complexity index is 356. The van der Waals surface area contributed by atoms with Crippen LogP contribution in [-0.2, 0) is 11.2 Å². The molecule has 0 aliphatic carbocycles. The van der Waals surface area contributed by atoms with Crippen LogP contribution in [0, 0.1) is 13.8 Å². The highest BCUT2D eigenvalue weighted by Gasteiger charge is 2.04. The number of carbonyl (C=O) groups excluding carboxylic acids is 1. The van der Waals surface area contributed by atoms with Gasteiger partial charge in [-0.2, -0.15) is 0 Å². The van der Waals surface area contributed by atoms with Gasteiger partial charge in [0.05, 0.1) is 0 Å². The van der Waals surface area contributed by atoms with Gasteiger partial charge in [-0.1, -0.05) is 12.1 Å². The molecule has 76 valence electrons. The SMILES string of the molecule is CC(=O)CCc1ccc(P)c(C)c1C. The fourth-order valence-corrected chi connectivity index (χ4v) is 1.79. The van der Waals surface area contributed by atoms with E-state index in [4.69, 9.17) is 0 Å². The number of ketones is 1. The number of hydrogen-bond donors (Lipinski definition) is 0. The van der Waals surface area contributed by atoms with E-state index < -0.39 is 0 Å². The van der Waals surface area contributed by atoms with Gasteiger partial charge in [0, 0.05) is 6.42 Å². The molecule has 2 heteroatoms. The van der Waals surface area contributed by atoms with Crippen molar-refractivity contribution in [1.29, 1.82) is 0 Å². The highest BCUT2D eigenvalue weighted by atomic mass is 31.0.